The van der Waals surface area contributed by atoms with Gasteiger partial charge in [-0.15, -0.1) is 0 Å². The minimum Gasteiger partial charge on any atom is -0.384 e. The number of anilines is 1. The number of hydrogen-bond acceptors (Lipinski definition) is 5. The van der Waals surface area contributed by atoms with Gasteiger partial charge in [0.15, 0.2) is 5.79 Å². The Kier molecular flexibility index (Phi) is 5.42. The van der Waals surface area contributed by atoms with Crippen LogP contribution in [0.15, 0.2) is 18.3 Å². The molecule has 0 unspecified atom stereocenters. The first-order chi connectivity index (χ1) is 11.6. The molecule has 0 radical (unpaired) electrons. The fourth-order valence-electron chi connectivity index (χ4n) is 3.84. The Morgan fingerprint density at radius 1 is 1.04 bits per heavy atom. The normalized spacial score (nSPS) is 22.0. The third-order valence-corrected chi connectivity index (χ3v) is 5.23. The van der Waals surface area contributed by atoms with Crippen molar-refractivity contribution in [1.82, 2.24) is 4.98 Å². The van der Waals surface area contributed by atoms with E-state index in [-0.39, 0.29) is 0 Å². The Balaban J connectivity index is 1.68. The van der Waals surface area contributed by atoms with Gasteiger partial charge < -0.3 is 19.5 Å². The Labute approximate surface area is 145 Å². The van der Waals surface area contributed by atoms with Gasteiger partial charge in [0.2, 0.25) is 0 Å². The highest BCUT2D eigenvalue weighted by atomic mass is 16.7. The maximum Gasteiger partial charge on any atom is 0.168 e. The van der Waals surface area contributed by atoms with Crippen molar-refractivity contribution in [2.75, 3.05) is 31.2 Å². The lowest BCUT2D eigenvalue weighted by Crippen LogP contribution is -2.42. The van der Waals surface area contributed by atoms with Crippen molar-refractivity contribution >= 4 is 5.69 Å². The molecule has 5 heteroatoms. The van der Waals surface area contributed by atoms with Crippen LogP contribution in [0.25, 0.3) is 0 Å². The van der Waals surface area contributed by atoms with Crippen LogP contribution < -0.4 is 4.90 Å². The fourth-order valence-corrected chi connectivity index (χ4v) is 3.84. The Bertz CT molecular complexity index is 510. The predicted molar refractivity (Wildman–Crippen MR) is 94.0 cm³/mol. The van der Waals surface area contributed by atoms with E-state index in [2.05, 4.69) is 29.8 Å². The zero-order valence-corrected chi connectivity index (χ0v) is 15.0. The summed E-state index contributed by atoms with van der Waals surface area (Å²) in [7, 11) is 0. The molecule has 1 aromatic rings. The molecule has 2 fully saturated rings. The topological polar surface area (TPSA) is 54.8 Å². The lowest BCUT2D eigenvalue weighted by atomic mass is 9.79. The van der Waals surface area contributed by atoms with Crippen molar-refractivity contribution in [1.29, 1.82) is 0 Å². The molecule has 1 aliphatic carbocycles. The summed E-state index contributed by atoms with van der Waals surface area (Å²) in [5, 5.41) is 11.0. The van der Waals surface area contributed by atoms with Gasteiger partial charge in [-0.05, 0) is 37.8 Å². The van der Waals surface area contributed by atoms with Gasteiger partial charge in [0.1, 0.15) is 5.60 Å². The van der Waals surface area contributed by atoms with Gasteiger partial charge in [-0.25, -0.2) is 0 Å². The van der Waals surface area contributed by atoms with Gasteiger partial charge in [-0.3, -0.25) is 4.98 Å². The van der Waals surface area contributed by atoms with Crippen molar-refractivity contribution in [3.8, 4) is 0 Å². The molecule has 1 N–H and O–H groups in total. The van der Waals surface area contributed by atoms with E-state index in [1.54, 1.807) is 0 Å². The second-order valence-electron chi connectivity index (χ2n) is 7.03. The molecular weight excluding hydrogens is 304 g/mol. The summed E-state index contributed by atoms with van der Waals surface area (Å²) in [6, 6.07) is 4.08. The Morgan fingerprint density at radius 3 is 2.17 bits per heavy atom. The molecule has 3 rings (SSSR count). The summed E-state index contributed by atoms with van der Waals surface area (Å²) < 4.78 is 11.5. The average molecular weight is 334 g/mol. The van der Waals surface area contributed by atoms with E-state index < -0.39 is 11.4 Å². The van der Waals surface area contributed by atoms with E-state index in [1.165, 1.54) is 0 Å². The molecule has 134 valence electrons. The summed E-state index contributed by atoms with van der Waals surface area (Å²) in [5.74, 6) is -0.453. The number of ether oxygens (including phenoxy) is 2. The molecule has 2 heterocycles. The average Bonchev–Trinajstić information content (AvgIpc) is 3.07. The zero-order chi connectivity index (χ0) is 17.0. The van der Waals surface area contributed by atoms with Crippen molar-refractivity contribution in [2.45, 2.75) is 63.8 Å². The quantitative estimate of drug-likeness (QED) is 0.866. The van der Waals surface area contributed by atoms with Crippen LogP contribution in [0.3, 0.4) is 0 Å². The molecule has 0 bridgehead atoms. The van der Waals surface area contributed by atoms with Crippen molar-refractivity contribution in [3.05, 3.63) is 24.0 Å². The first-order valence-electron chi connectivity index (χ1n) is 9.32. The molecule has 0 aromatic carbocycles. The fraction of sp³-hybridized carbons (Fsp3) is 0.737. The van der Waals surface area contributed by atoms with Crippen LogP contribution in [-0.4, -0.2) is 42.2 Å². The maximum atomic E-state index is 11.0. The molecule has 1 saturated heterocycles. The van der Waals surface area contributed by atoms with Crippen LogP contribution in [0.4, 0.5) is 5.69 Å². The number of pyridine rings is 1. The van der Waals surface area contributed by atoms with Crippen LogP contribution in [-0.2, 0) is 15.1 Å². The second kappa shape index (κ2) is 7.38. The number of aromatic nitrogens is 1. The number of rotatable bonds is 6. The number of hydrogen-bond donors (Lipinski definition) is 1. The zero-order valence-electron chi connectivity index (χ0n) is 15.0. The van der Waals surface area contributed by atoms with Crippen LogP contribution in [0.5, 0.6) is 0 Å². The Morgan fingerprint density at radius 2 is 1.67 bits per heavy atom. The molecule has 1 spiro atoms. The van der Waals surface area contributed by atoms with E-state index in [0.29, 0.717) is 26.1 Å². The third-order valence-electron chi connectivity index (χ3n) is 5.23. The van der Waals surface area contributed by atoms with Gasteiger partial charge >= 0.3 is 0 Å². The summed E-state index contributed by atoms with van der Waals surface area (Å²) in [6.45, 7) is 7.79. The van der Waals surface area contributed by atoms with Gasteiger partial charge in [-0.1, -0.05) is 13.8 Å². The molecule has 1 aliphatic heterocycles. The molecule has 0 atom stereocenters. The van der Waals surface area contributed by atoms with Gasteiger partial charge in [-0.2, -0.15) is 0 Å². The number of aliphatic hydroxyl groups is 1. The van der Waals surface area contributed by atoms with Crippen molar-refractivity contribution in [3.63, 3.8) is 0 Å². The van der Waals surface area contributed by atoms with E-state index in [4.69, 9.17) is 9.47 Å². The van der Waals surface area contributed by atoms with Crippen LogP contribution in [0.2, 0.25) is 0 Å². The molecule has 5 nitrogen and oxygen atoms in total. The first kappa shape index (κ1) is 17.6. The summed E-state index contributed by atoms with van der Waals surface area (Å²) in [4.78, 5) is 6.96. The second-order valence-corrected chi connectivity index (χ2v) is 7.03. The standard InChI is InChI=1S/C19H30N2O3/c1-3-11-21(12-4-2)16-5-6-17(20-15-16)18(22)7-9-19(10-8-18)23-13-14-24-19/h5-6,15,22H,3-4,7-14H2,1-2H3. The summed E-state index contributed by atoms with van der Waals surface area (Å²) in [6.07, 6.45) is 6.86. The number of nitrogens with zero attached hydrogens (tertiary/aromatic N) is 2. The smallest absolute Gasteiger partial charge is 0.168 e. The van der Waals surface area contributed by atoms with Gasteiger partial charge in [0.05, 0.1) is 30.8 Å². The van der Waals surface area contributed by atoms with Crippen molar-refractivity contribution < 1.29 is 14.6 Å². The maximum absolute atomic E-state index is 11.0. The highest BCUT2D eigenvalue weighted by molar-refractivity contribution is 5.45. The van der Waals surface area contributed by atoms with Gasteiger partial charge in [0.25, 0.3) is 0 Å². The summed E-state index contributed by atoms with van der Waals surface area (Å²) >= 11 is 0. The van der Waals surface area contributed by atoms with Crippen molar-refractivity contribution in [2.24, 2.45) is 0 Å². The van der Waals surface area contributed by atoms with Gasteiger partial charge in [0, 0.05) is 25.9 Å². The highest BCUT2D eigenvalue weighted by Crippen LogP contribution is 2.44. The summed E-state index contributed by atoms with van der Waals surface area (Å²) in [5.41, 5.74) is 1.05. The Hall–Kier alpha value is -1.17. The lowest BCUT2D eigenvalue weighted by molar-refractivity contribution is -0.204. The minimum absolute atomic E-state index is 0.453. The molecule has 0 amide bonds. The highest BCUT2D eigenvalue weighted by Gasteiger charge is 2.46. The molecule has 1 aromatic heterocycles. The van der Waals surface area contributed by atoms with E-state index in [9.17, 15) is 5.11 Å². The molecular formula is C19H30N2O3. The minimum atomic E-state index is -0.862. The third kappa shape index (κ3) is 3.58. The van der Waals surface area contributed by atoms with E-state index >= 15 is 0 Å². The monoisotopic (exact) mass is 334 g/mol. The molecule has 2 aliphatic rings. The van der Waals surface area contributed by atoms with Crippen LogP contribution in [0, 0.1) is 0 Å². The first-order valence-corrected chi connectivity index (χ1v) is 9.32. The van der Waals surface area contributed by atoms with E-state index in [1.807, 2.05) is 12.3 Å². The SMILES string of the molecule is CCCN(CCC)c1ccc(C2(O)CCC3(CC2)OCCO3)nc1. The predicted octanol–water partition coefficient (Wildman–Crippen LogP) is 3.21. The molecule has 24 heavy (non-hydrogen) atoms. The van der Waals surface area contributed by atoms with Crippen LogP contribution in [0.1, 0.15) is 58.1 Å². The lowest BCUT2D eigenvalue weighted by Gasteiger charge is -2.40. The van der Waals surface area contributed by atoms with E-state index in [0.717, 1.165) is 50.2 Å². The molecule has 1 saturated carbocycles. The van der Waals surface area contributed by atoms with Crippen LogP contribution >= 0.6 is 0 Å². The largest absolute Gasteiger partial charge is 0.384 e.